The molecule has 0 aromatic heterocycles. The molecule has 276 valence electrons. The molecule has 1 aromatic rings. The highest BCUT2D eigenvalue weighted by Gasteiger charge is 2.54. The highest BCUT2D eigenvalue weighted by Crippen LogP contribution is 2.35. The van der Waals surface area contributed by atoms with Gasteiger partial charge in [0, 0.05) is 45.7 Å². The van der Waals surface area contributed by atoms with Crippen molar-refractivity contribution in [1.29, 1.82) is 0 Å². The van der Waals surface area contributed by atoms with Gasteiger partial charge in [0.1, 0.15) is 23.6 Å². The lowest BCUT2D eigenvalue weighted by molar-refractivity contribution is -0.229. The molecule has 2 fully saturated rings. The molecule has 16 heteroatoms. The van der Waals surface area contributed by atoms with Gasteiger partial charge in [-0.15, -0.1) is 0 Å². The molecule has 0 aliphatic carbocycles. The van der Waals surface area contributed by atoms with Gasteiger partial charge in [0.05, 0.1) is 30.4 Å². The summed E-state index contributed by atoms with van der Waals surface area (Å²) in [5.41, 5.74) is -2.35. The van der Waals surface area contributed by atoms with E-state index in [1.807, 2.05) is 0 Å². The number of aliphatic carboxylic acids is 1. The van der Waals surface area contributed by atoms with Crippen LogP contribution in [0.4, 0.5) is 4.79 Å². The molecule has 0 radical (unpaired) electrons. The third-order valence-electron chi connectivity index (χ3n) is 8.84. The van der Waals surface area contributed by atoms with Crippen LogP contribution in [0.15, 0.2) is 12.1 Å². The first-order chi connectivity index (χ1) is 22.7. The number of aliphatic hydroxyl groups is 3. The third kappa shape index (κ3) is 10.0. The van der Waals surface area contributed by atoms with Crippen molar-refractivity contribution in [1.82, 2.24) is 20.9 Å². The molecule has 0 spiro atoms. The van der Waals surface area contributed by atoms with Crippen LogP contribution in [0.1, 0.15) is 68.4 Å². The smallest absolute Gasteiger partial charge is 0.410 e. The van der Waals surface area contributed by atoms with Crippen LogP contribution in [0.2, 0.25) is 0 Å². The number of aliphatic hydroxyl groups excluding tert-OH is 3. The molecule has 49 heavy (non-hydrogen) atoms. The maximum Gasteiger partial charge on any atom is 0.410 e. The molecule has 3 amide bonds. The number of nitrogens with zero attached hydrogens (tertiary/aromatic N) is 1. The monoisotopic (exact) mass is 696 g/mol. The zero-order valence-corrected chi connectivity index (χ0v) is 29.2. The lowest BCUT2D eigenvalue weighted by atomic mass is 9.81. The molecule has 0 saturated carbocycles. The lowest BCUT2D eigenvalue weighted by Crippen LogP contribution is -2.68. The number of benzene rings is 1. The first-order valence-corrected chi connectivity index (χ1v) is 16.3. The van der Waals surface area contributed by atoms with Gasteiger partial charge in [-0.05, 0) is 77.3 Å². The van der Waals surface area contributed by atoms with Crippen molar-refractivity contribution in [3.63, 3.8) is 0 Å². The van der Waals surface area contributed by atoms with E-state index in [2.05, 4.69) is 16.0 Å². The van der Waals surface area contributed by atoms with Gasteiger partial charge >= 0.3 is 12.1 Å². The second kappa shape index (κ2) is 16.0. The van der Waals surface area contributed by atoms with Crippen molar-refractivity contribution in [3.8, 4) is 5.75 Å². The first kappa shape index (κ1) is 39.9. The molecule has 7 atom stereocenters. The number of likely N-dealkylation sites (tertiary alicyclic amines) is 1. The maximum absolute atomic E-state index is 12.8. The van der Waals surface area contributed by atoms with Gasteiger partial charge in [-0.1, -0.05) is 0 Å². The number of hydrogen-bond donors (Lipinski definition) is 8. The molecule has 2 heterocycles. The fraction of sp³-hybridized carbons (Fsp3) is 0.697. The molecule has 3 rings (SSSR count). The number of aryl methyl sites for hydroxylation is 2. The van der Waals surface area contributed by atoms with E-state index in [9.17, 15) is 44.7 Å². The summed E-state index contributed by atoms with van der Waals surface area (Å²) in [6.07, 6.45) is -7.34. The highest BCUT2D eigenvalue weighted by molar-refractivity contribution is 5.94. The number of carboxylic acid groups (broad SMARTS) is 1. The Morgan fingerprint density at radius 2 is 1.78 bits per heavy atom. The zero-order chi connectivity index (χ0) is 36.9. The van der Waals surface area contributed by atoms with E-state index in [4.69, 9.17) is 14.2 Å². The van der Waals surface area contributed by atoms with Crippen LogP contribution in [0, 0.1) is 13.8 Å². The normalized spacial score (nSPS) is 26.9. The molecule has 2 saturated heterocycles. The summed E-state index contributed by atoms with van der Waals surface area (Å²) in [5, 5.41) is 62.0. The summed E-state index contributed by atoms with van der Waals surface area (Å²) < 4.78 is 17.0. The molecule has 2 aliphatic heterocycles. The van der Waals surface area contributed by atoms with Crippen LogP contribution in [-0.4, -0.2) is 141 Å². The Morgan fingerprint density at radius 1 is 1.14 bits per heavy atom. The number of rotatable bonds is 13. The van der Waals surface area contributed by atoms with E-state index < -0.39 is 84.0 Å². The van der Waals surface area contributed by atoms with Gasteiger partial charge in [-0.25, -0.2) is 9.59 Å². The quantitative estimate of drug-likeness (QED) is 0.135. The number of carboxylic acids is 1. The van der Waals surface area contributed by atoms with E-state index >= 15 is 0 Å². The number of phenols is 1. The predicted octanol–water partition coefficient (Wildman–Crippen LogP) is -0.0558. The summed E-state index contributed by atoms with van der Waals surface area (Å²) in [6.45, 7) is 10.1. The van der Waals surface area contributed by atoms with Crippen molar-refractivity contribution < 1.29 is 58.9 Å². The van der Waals surface area contributed by atoms with Crippen LogP contribution in [0.5, 0.6) is 5.75 Å². The van der Waals surface area contributed by atoms with Crippen molar-refractivity contribution >= 4 is 23.9 Å². The maximum atomic E-state index is 12.8. The zero-order valence-electron chi connectivity index (χ0n) is 29.2. The number of hydrogen-bond acceptors (Lipinski definition) is 12. The van der Waals surface area contributed by atoms with E-state index in [0.717, 1.165) is 0 Å². The number of amides is 3. The van der Waals surface area contributed by atoms with Gasteiger partial charge in [0.15, 0.2) is 5.60 Å². The average Bonchev–Trinajstić information content (AvgIpc) is 3.42. The summed E-state index contributed by atoms with van der Waals surface area (Å²) >= 11 is 0. The largest absolute Gasteiger partial charge is 0.507 e. The SMILES string of the molecule is COC[C@@]1(NCC[C@]2(C(=O)O)C[C@H](O)[C@@H](NC(C)=O)[C@H]([C@H](O)[C@H](O)CNC(=O)c3cc(C)c(O)c(C)c3)O2)CCN(C(=O)OC(C)(C)C)C1. The van der Waals surface area contributed by atoms with Gasteiger partial charge < -0.3 is 60.6 Å². The van der Waals surface area contributed by atoms with Crippen LogP contribution in [-0.2, 0) is 23.8 Å². The summed E-state index contributed by atoms with van der Waals surface area (Å²) in [5.74, 6) is -2.59. The number of aromatic hydroxyl groups is 1. The molecule has 0 bridgehead atoms. The van der Waals surface area contributed by atoms with Crippen molar-refractivity contribution in [2.45, 2.75) is 108 Å². The predicted molar refractivity (Wildman–Crippen MR) is 175 cm³/mol. The van der Waals surface area contributed by atoms with E-state index in [0.29, 0.717) is 24.1 Å². The second-order valence-corrected chi connectivity index (χ2v) is 14.1. The van der Waals surface area contributed by atoms with Crippen molar-refractivity contribution in [2.24, 2.45) is 0 Å². The fourth-order valence-electron chi connectivity index (χ4n) is 6.37. The van der Waals surface area contributed by atoms with Gasteiger partial charge in [-0.2, -0.15) is 0 Å². The molecule has 16 nitrogen and oxygen atoms in total. The fourth-order valence-corrected chi connectivity index (χ4v) is 6.37. The Kier molecular flexibility index (Phi) is 13.0. The van der Waals surface area contributed by atoms with Gasteiger partial charge in [0.25, 0.3) is 5.91 Å². The van der Waals surface area contributed by atoms with Gasteiger partial charge in [-0.3, -0.25) is 9.59 Å². The second-order valence-electron chi connectivity index (χ2n) is 14.1. The minimum atomic E-state index is -2.06. The van der Waals surface area contributed by atoms with Crippen LogP contribution < -0.4 is 16.0 Å². The Labute approximate surface area is 286 Å². The van der Waals surface area contributed by atoms with Crippen LogP contribution in [0.25, 0.3) is 0 Å². The molecule has 0 unspecified atom stereocenters. The third-order valence-corrected chi connectivity index (χ3v) is 8.84. The minimum Gasteiger partial charge on any atom is -0.507 e. The molecular weight excluding hydrogens is 644 g/mol. The van der Waals surface area contributed by atoms with Gasteiger partial charge in [0.2, 0.25) is 5.91 Å². The number of methoxy groups -OCH3 is 1. The van der Waals surface area contributed by atoms with Crippen LogP contribution >= 0.6 is 0 Å². The van der Waals surface area contributed by atoms with Crippen molar-refractivity contribution in [3.05, 3.63) is 28.8 Å². The molecular formula is C33H52N4O12. The number of ether oxygens (including phenoxy) is 3. The summed E-state index contributed by atoms with van der Waals surface area (Å²) in [7, 11) is 1.51. The highest BCUT2D eigenvalue weighted by atomic mass is 16.6. The standard InChI is InChI=1S/C33H52N4O12/c1-18-12-21(13-19(2)25(18)41)28(43)34-15-23(40)26(42)27-24(36-20(3)38)22(39)14-33(48-27,29(44)45)8-10-35-32(17-47-7)9-11-37(16-32)30(46)49-31(4,5)6/h12-13,22-24,26-27,35,39-42H,8-11,14-17H2,1-7H3,(H,34,43)(H,36,38)(H,44,45)/t22-,23+,24+,26+,27+,32+,33+/m0/s1. The number of nitrogens with one attached hydrogen (secondary N) is 3. The Balaban J connectivity index is 1.76. The first-order valence-electron chi connectivity index (χ1n) is 16.3. The number of phenolic OH excluding ortho intramolecular Hbond substituents is 1. The Hall–Kier alpha value is -3.54. The topological polar surface area (TPSA) is 236 Å². The Morgan fingerprint density at radius 3 is 2.33 bits per heavy atom. The molecule has 8 N–H and O–H groups in total. The number of carbonyl (C=O) groups is 4. The van der Waals surface area contributed by atoms with Crippen LogP contribution in [0.3, 0.4) is 0 Å². The minimum absolute atomic E-state index is 0.0300. The number of carbonyl (C=O) groups excluding carboxylic acids is 3. The molecule has 1 aromatic carbocycles. The van der Waals surface area contributed by atoms with Crippen molar-refractivity contribution in [2.75, 3.05) is 39.9 Å². The molecule has 2 aliphatic rings. The summed E-state index contributed by atoms with van der Waals surface area (Å²) in [6, 6.07) is 1.62. The van der Waals surface area contributed by atoms with E-state index in [-0.39, 0.29) is 37.4 Å². The van der Waals surface area contributed by atoms with E-state index in [1.54, 1.807) is 39.5 Å². The average molecular weight is 697 g/mol. The summed E-state index contributed by atoms with van der Waals surface area (Å²) in [4.78, 5) is 51.9. The van der Waals surface area contributed by atoms with E-state index in [1.165, 1.54) is 26.2 Å². The lowest BCUT2D eigenvalue weighted by Gasteiger charge is -2.47. The Bertz CT molecular complexity index is 1350.